The van der Waals surface area contributed by atoms with Gasteiger partial charge in [-0.3, -0.25) is 14.9 Å². The van der Waals surface area contributed by atoms with Gasteiger partial charge in [-0.2, -0.15) is 0 Å². The highest BCUT2D eigenvalue weighted by molar-refractivity contribution is 9.10. The molecule has 3 aliphatic heterocycles. The van der Waals surface area contributed by atoms with Crippen molar-refractivity contribution in [2.24, 2.45) is 0 Å². The van der Waals surface area contributed by atoms with E-state index in [1.54, 1.807) is 24.3 Å². The van der Waals surface area contributed by atoms with Gasteiger partial charge in [0.1, 0.15) is 12.2 Å². The van der Waals surface area contributed by atoms with Crippen molar-refractivity contribution >= 4 is 62.8 Å². The molecule has 0 saturated carbocycles. The molecule has 0 bridgehead atoms. The molecule has 3 heterocycles. The van der Waals surface area contributed by atoms with Crippen LogP contribution in [0.25, 0.3) is 6.08 Å². The van der Waals surface area contributed by atoms with E-state index in [0.717, 1.165) is 47.5 Å². The zero-order chi connectivity index (χ0) is 37.3. The van der Waals surface area contributed by atoms with E-state index in [2.05, 4.69) is 50.4 Å². The van der Waals surface area contributed by atoms with E-state index in [9.17, 15) is 14.4 Å². The zero-order valence-corrected chi connectivity index (χ0v) is 31.9. The molecule has 8 rings (SSSR count). The number of hydrogen-bond donors (Lipinski definition) is 1. The van der Waals surface area contributed by atoms with Gasteiger partial charge in [-0.15, -0.1) is 0 Å². The van der Waals surface area contributed by atoms with Gasteiger partial charge in [-0.1, -0.05) is 84.4 Å². The number of benzene rings is 5. The number of carbonyl (C=O) groups excluding carboxylic acids is 3. The number of urea groups is 1. The molecule has 5 aromatic carbocycles. The number of nitrogens with zero attached hydrogens (tertiary/aromatic N) is 2. The van der Waals surface area contributed by atoms with E-state index in [1.807, 2.05) is 67.6 Å². The first-order valence-electron chi connectivity index (χ1n) is 18.1. The molecule has 8 nitrogen and oxygen atoms in total. The Balaban J connectivity index is 1.19. The summed E-state index contributed by atoms with van der Waals surface area (Å²) >= 11 is 9.66. The Hall–Kier alpha value is -5.38. The van der Waals surface area contributed by atoms with Crippen LogP contribution in [0.5, 0.6) is 11.5 Å². The van der Waals surface area contributed by atoms with Gasteiger partial charge in [0.25, 0.3) is 11.8 Å². The van der Waals surface area contributed by atoms with Crippen LogP contribution in [-0.4, -0.2) is 37.5 Å². The number of amides is 4. The lowest BCUT2D eigenvalue weighted by atomic mass is 9.76. The second-order valence-electron chi connectivity index (χ2n) is 13.6. The third-order valence-electron chi connectivity index (χ3n) is 10.3. The molecule has 1 N–H and O–H groups in total. The van der Waals surface area contributed by atoms with Crippen LogP contribution in [0.4, 0.5) is 16.2 Å². The van der Waals surface area contributed by atoms with E-state index in [4.69, 9.17) is 21.1 Å². The standard InChI is InChI=1S/C44H37BrClN3O5/c1-2-53-39-23-28(22-38(45)41(39)54-26-27-13-15-31(46)16-14-27)21-37-42(50)47-44(52)49(43(37)51)32-24-35-33(29-9-5-3-6-10-29)17-19-48-20-18-34(36(25-32)40(35)48)30-11-7-4-8-12-30/h3-16,21-25,33-34H,2,17-20,26H2,1H3,(H,47,50,52)/b37-21+/t33-,34+. The monoisotopic (exact) mass is 801 g/mol. The van der Waals surface area contributed by atoms with Gasteiger partial charge in [0, 0.05) is 35.6 Å². The minimum absolute atomic E-state index is 0.0695. The maximum Gasteiger partial charge on any atom is 0.335 e. The molecule has 10 heteroatoms. The highest BCUT2D eigenvalue weighted by Crippen LogP contribution is 2.50. The van der Waals surface area contributed by atoms with E-state index in [0.29, 0.717) is 38.9 Å². The lowest BCUT2D eigenvalue weighted by Crippen LogP contribution is -2.54. The highest BCUT2D eigenvalue weighted by Gasteiger charge is 2.40. The first-order valence-corrected chi connectivity index (χ1v) is 19.2. The second-order valence-corrected chi connectivity index (χ2v) is 14.9. The average Bonchev–Trinajstić information content (AvgIpc) is 3.18. The molecular formula is C44H37BrClN3O5. The Kier molecular flexibility index (Phi) is 10.0. The van der Waals surface area contributed by atoms with Gasteiger partial charge in [-0.25, -0.2) is 9.69 Å². The van der Waals surface area contributed by atoms with Gasteiger partial charge < -0.3 is 14.4 Å². The van der Waals surface area contributed by atoms with Crippen molar-refractivity contribution in [2.45, 2.75) is 38.2 Å². The summed E-state index contributed by atoms with van der Waals surface area (Å²) in [6, 6.07) is 34.7. The van der Waals surface area contributed by atoms with E-state index >= 15 is 0 Å². The summed E-state index contributed by atoms with van der Waals surface area (Å²) in [5.41, 5.74) is 7.36. The Morgan fingerprint density at radius 2 is 1.43 bits per heavy atom. The average molecular weight is 803 g/mol. The summed E-state index contributed by atoms with van der Waals surface area (Å²) in [7, 11) is 0. The topological polar surface area (TPSA) is 88.2 Å². The number of imide groups is 2. The summed E-state index contributed by atoms with van der Waals surface area (Å²) in [6.07, 6.45) is 3.28. The van der Waals surface area contributed by atoms with Gasteiger partial charge in [0.05, 0.1) is 16.8 Å². The lowest BCUT2D eigenvalue weighted by molar-refractivity contribution is -0.122. The maximum atomic E-state index is 14.4. The summed E-state index contributed by atoms with van der Waals surface area (Å²) < 4.78 is 12.7. The maximum absolute atomic E-state index is 14.4. The fourth-order valence-corrected chi connectivity index (χ4v) is 8.54. The van der Waals surface area contributed by atoms with Crippen LogP contribution >= 0.6 is 27.5 Å². The normalized spacial score (nSPS) is 18.7. The number of ether oxygens (including phenoxy) is 2. The molecule has 0 radical (unpaired) electrons. The van der Waals surface area contributed by atoms with Crippen molar-refractivity contribution < 1.29 is 23.9 Å². The van der Waals surface area contributed by atoms with Crippen LogP contribution in [-0.2, 0) is 16.2 Å². The van der Waals surface area contributed by atoms with Crippen molar-refractivity contribution in [3.05, 3.63) is 158 Å². The zero-order valence-electron chi connectivity index (χ0n) is 29.6. The van der Waals surface area contributed by atoms with E-state index in [-0.39, 0.29) is 24.0 Å². The first-order chi connectivity index (χ1) is 26.3. The fourth-order valence-electron chi connectivity index (χ4n) is 7.84. The molecule has 1 saturated heterocycles. The number of nitrogens with one attached hydrogen (secondary N) is 1. The van der Waals surface area contributed by atoms with Crippen molar-refractivity contribution in [1.82, 2.24) is 5.32 Å². The fraction of sp³-hybridized carbons (Fsp3) is 0.205. The molecule has 0 aliphatic carbocycles. The summed E-state index contributed by atoms with van der Waals surface area (Å²) in [5.74, 6) is -0.429. The van der Waals surface area contributed by atoms with Crippen LogP contribution in [0.1, 0.15) is 65.0 Å². The first kappa shape index (κ1) is 35.6. The summed E-state index contributed by atoms with van der Waals surface area (Å²) in [5, 5.41) is 3.07. The molecule has 1 fully saturated rings. The molecular weight excluding hydrogens is 766 g/mol. The summed E-state index contributed by atoms with van der Waals surface area (Å²) in [6.45, 7) is 4.31. The smallest absolute Gasteiger partial charge is 0.335 e. The predicted molar refractivity (Wildman–Crippen MR) is 215 cm³/mol. The molecule has 5 aromatic rings. The Bertz CT molecular complexity index is 2210. The van der Waals surface area contributed by atoms with Crippen molar-refractivity contribution in [3.8, 4) is 11.5 Å². The largest absolute Gasteiger partial charge is 0.490 e. The van der Waals surface area contributed by atoms with Crippen LogP contribution in [0.2, 0.25) is 5.02 Å². The number of anilines is 2. The van der Waals surface area contributed by atoms with Gasteiger partial charge in [-0.05, 0) is 112 Å². The Labute approximate surface area is 327 Å². The van der Waals surface area contributed by atoms with Crippen LogP contribution < -0.4 is 24.6 Å². The van der Waals surface area contributed by atoms with Crippen molar-refractivity contribution in [3.63, 3.8) is 0 Å². The third-order valence-corrected chi connectivity index (χ3v) is 11.1. The number of carbonyl (C=O) groups is 3. The number of hydrogen-bond acceptors (Lipinski definition) is 6. The predicted octanol–water partition coefficient (Wildman–Crippen LogP) is 9.62. The molecule has 3 aliphatic rings. The molecule has 4 amide bonds. The number of halogens is 2. The highest BCUT2D eigenvalue weighted by atomic mass is 79.9. The SMILES string of the molecule is CCOc1cc(/C=C2\C(=O)NC(=O)N(c3cc4c5c(c3)[C@H](c3ccccc3)CCN5CC[C@@H]4c3ccccc3)C2=O)cc(Br)c1OCc1ccc(Cl)cc1. The van der Waals surface area contributed by atoms with Crippen LogP contribution in [0, 0.1) is 0 Å². The van der Waals surface area contributed by atoms with E-state index in [1.165, 1.54) is 22.9 Å². The molecule has 0 unspecified atom stereocenters. The number of rotatable bonds is 9. The number of barbiturate groups is 1. The molecule has 2 atom stereocenters. The summed E-state index contributed by atoms with van der Waals surface area (Å²) in [4.78, 5) is 45.1. The van der Waals surface area contributed by atoms with Crippen molar-refractivity contribution in [1.29, 1.82) is 0 Å². The second kappa shape index (κ2) is 15.2. The minimum atomic E-state index is -0.785. The Morgan fingerprint density at radius 1 is 0.815 bits per heavy atom. The van der Waals surface area contributed by atoms with Gasteiger partial charge in [0.2, 0.25) is 0 Å². The van der Waals surface area contributed by atoms with Crippen LogP contribution in [0.15, 0.2) is 119 Å². The molecule has 0 spiro atoms. The quantitative estimate of drug-likeness (QED) is 0.118. The van der Waals surface area contributed by atoms with Crippen molar-refractivity contribution in [2.75, 3.05) is 29.5 Å². The van der Waals surface area contributed by atoms with E-state index < -0.39 is 17.8 Å². The van der Waals surface area contributed by atoms with Gasteiger partial charge in [0.15, 0.2) is 11.5 Å². The van der Waals surface area contributed by atoms with Gasteiger partial charge >= 0.3 is 6.03 Å². The molecule has 272 valence electrons. The Morgan fingerprint density at radius 3 is 2.02 bits per heavy atom. The van der Waals surface area contributed by atoms with Crippen LogP contribution in [0.3, 0.4) is 0 Å². The lowest BCUT2D eigenvalue weighted by Gasteiger charge is -2.44. The minimum Gasteiger partial charge on any atom is -0.490 e. The third kappa shape index (κ3) is 6.90. The molecule has 54 heavy (non-hydrogen) atoms. The molecule has 0 aromatic heterocycles.